The van der Waals surface area contributed by atoms with Crippen molar-refractivity contribution in [1.29, 1.82) is 0 Å². The van der Waals surface area contributed by atoms with Gasteiger partial charge in [-0.2, -0.15) is 5.10 Å². The van der Waals surface area contributed by atoms with E-state index in [-0.39, 0.29) is 5.91 Å². The fraction of sp³-hybridized carbons (Fsp3) is 0.263. The molecule has 0 aliphatic carbocycles. The van der Waals surface area contributed by atoms with Gasteiger partial charge in [-0.1, -0.05) is 11.6 Å². The van der Waals surface area contributed by atoms with Crippen molar-refractivity contribution in [1.82, 2.24) is 5.43 Å². The van der Waals surface area contributed by atoms with E-state index in [1.165, 1.54) is 27.5 Å². The zero-order valence-corrected chi connectivity index (χ0v) is 16.3. The highest BCUT2D eigenvalue weighted by Crippen LogP contribution is 2.37. The summed E-state index contributed by atoms with van der Waals surface area (Å²) >= 11 is 5.85. The molecule has 0 fully saturated rings. The van der Waals surface area contributed by atoms with Gasteiger partial charge >= 0.3 is 0 Å². The Morgan fingerprint density at radius 3 is 2.19 bits per heavy atom. The highest BCUT2D eigenvalue weighted by Gasteiger charge is 2.13. The Balaban J connectivity index is 2.01. The van der Waals surface area contributed by atoms with E-state index in [9.17, 15) is 4.79 Å². The normalized spacial score (nSPS) is 11.7. The molecule has 2 aromatic rings. The number of hydrogen-bond acceptors (Lipinski definition) is 6. The van der Waals surface area contributed by atoms with Crippen LogP contribution in [0.15, 0.2) is 41.5 Å². The van der Waals surface area contributed by atoms with Gasteiger partial charge in [0.05, 0.1) is 27.5 Å². The predicted molar refractivity (Wildman–Crippen MR) is 106 cm³/mol. The largest absolute Gasteiger partial charge is 0.493 e. The third-order valence-electron chi connectivity index (χ3n) is 3.70. The number of anilines is 1. The number of carbonyl (C=O) groups excluding carboxylic acids is 1. The zero-order chi connectivity index (χ0) is 19.8. The second-order valence-corrected chi connectivity index (χ2v) is 6.00. The number of nitrogens with one attached hydrogen (secondary N) is 2. The Morgan fingerprint density at radius 1 is 1.07 bits per heavy atom. The number of hydrogen-bond donors (Lipinski definition) is 2. The summed E-state index contributed by atoms with van der Waals surface area (Å²) in [6.45, 7) is 1.74. The first-order valence-corrected chi connectivity index (χ1v) is 8.51. The van der Waals surface area contributed by atoms with Crippen LogP contribution in [0.3, 0.4) is 0 Å². The fourth-order valence-corrected chi connectivity index (χ4v) is 2.43. The van der Waals surface area contributed by atoms with Gasteiger partial charge in [-0.15, -0.1) is 0 Å². The molecule has 8 heteroatoms. The summed E-state index contributed by atoms with van der Waals surface area (Å²) in [7, 11) is 4.59. The van der Waals surface area contributed by atoms with Gasteiger partial charge in [0, 0.05) is 16.3 Å². The molecule has 27 heavy (non-hydrogen) atoms. The Bertz CT molecular complexity index is 784. The number of rotatable bonds is 8. The van der Waals surface area contributed by atoms with E-state index in [0.717, 1.165) is 5.69 Å². The maximum Gasteiger partial charge on any atom is 0.262 e. The highest BCUT2D eigenvalue weighted by molar-refractivity contribution is 6.30. The predicted octanol–water partition coefficient (Wildman–Crippen LogP) is 3.32. The molecular weight excluding hydrogens is 370 g/mol. The van der Waals surface area contributed by atoms with E-state index >= 15 is 0 Å². The number of carbonyl (C=O) groups is 1. The van der Waals surface area contributed by atoms with Crippen LogP contribution in [0.1, 0.15) is 12.5 Å². The van der Waals surface area contributed by atoms with Gasteiger partial charge in [0.2, 0.25) is 5.75 Å². The molecule has 0 heterocycles. The zero-order valence-electron chi connectivity index (χ0n) is 15.6. The van der Waals surface area contributed by atoms with Gasteiger partial charge < -0.3 is 19.5 Å². The van der Waals surface area contributed by atoms with Gasteiger partial charge in [0.25, 0.3) is 5.91 Å². The lowest BCUT2D eigenvalue weighted by molar-refractivity contribution is -0.121. The number of hydrazone groups is 1. The Hall–Kier alpha value is -2.93. The van der Waals surface area contributed by atoms with E-state index in [0.29, 0.717) is 27.8 Å². The van der Waals surface area contributed by atoms with Gasteiger partial charge in [0.15, 0.2) is 11.5 Å². The lowest BCUT2D eigenvalue weighted by Crippen LogP contribution is -2.34. The summed E-state index contributed by atoms with van der Waals surface area (Å²) < 4.78 is 15.8. The van der Waals surface area contributed by atoms with Gasteiger partial charge in [0.1, 0.15) is 6.04 Å². The van der Waals surface area contributed by atoms with Crippen LogP contribution in [0.2, 0.25) is 5.02 Å². The minimum Gasteiger partial charge on any atom is -0.493 e. The van der Waals surface area contributed by atoms with Crippen LogP contribution in [-0.2, 0) is 4.79 Å². The van der Waals surface area contributed by atoms with Crippen molar-refractivity contribution in [3.05, 3.63) is 47.0 Å². The van der Waals surface area contributed by atoms with E-state index in [2.05, 4.69) is 15.8 Å². The van der Waals surface area contributed by atoms with E-state index < -0.39 is 6.04 Å². The van der Waals surface area contributed by atoms with Crippen molar-refractivity contribution in [2.24, 2.45) is 5.10 Å². The monoisotopic (exact) mass is 391 g/mol. The minimum atomic E-state index is -0.483. The summed E-state index contributed by atoms with van der Waals surface area (Å²) in [6.07, 6.45) is 1.50. The smallest absolute Gasteiger partial charge is 0.262 e. The molecule has 0 saturated heterocycles. The van der Waals surface area contributed by atoms with Gasteiger partial charge in [-0.3, -0.25) is 4.79 Å². The number of nitrogens with zero attached hydrogens (tertiary/aromatic N) is 1. The molecule has 0 spiro atoms. The Kier molecular flexibility index (Phi) is 7.31. The fourth-order valence-electron chi connectivity index (χ4n) is 2.30. The Labute approximate surface area is 163 Å². The van der Waals surface area contributed by atoms with E-state index in [1.54, 1.807) is 43.3 Å². The van der Waals surface area contributed by atoms with Gasteiger partial charge in [-0.25, -0.2) is 5.43 Å². The lowest BCUT2D eigenvalue weighted by Gasteiger charge is -2.14. The molecule has 0 aliphatic heterocycles. The highest BCUT2D eigenvalue weighted by atomic mass is 35.5. The van der Waals surface area contributed by atoms with Crippen LogP contribution < -0.4 is 25.0 Å². The van der Waals surface area contributed by atoms with Crippen molar-refractivity contribution in [2.45, 2.75) is 13.0 Å². The number of benzene rings is 2. The molecule has 1 atom stereocenters. The minimum absolute atomic E-state index is 0.284. The number of halogens is 1. The maximum atomic E-state index is 12.2. The Morgan fingerprint density at radius 2 is 1.67 bits per heavy atom. The molecule has 0 aromatic heterocycles. The number of amides is 1. The van der Waals surface area contributed by atoms with Crippen LogP contribution >= 0.6 is 11.6 Å². The molecule has 0 radical (unpaired) electrons. The summed E-state index contributed by atoms with van der Waals surface area (Å²) in [5.74, 6) is 1.21. The summed E-state index contributed by atoms with van der Waals surface area (Å²) in [5.41, 5.74) is 3.97. The first-order chi connectivity index (χ1) is 13.0. The second kappa shape index (κ2) is 9.68. The molecule has 0 saturated carbocycles. The van der Waals surface area contributed by atoms with Crippen molar-refractivity contribution in [3.8, 4) is 17.2 Å². The van der Waals surface area contributed by atoms with Crippen molar-refractivity contribution in [2.75, 3.05) is 26.6 Å². The molecule has 2 N–H and O–H groups in total. The molecule has 0 bridgehead atoms. The molecule has 7 nitrogen and oxygen atoms in total. The lowest BCUT2D eigenvalue weighted by atomic mass is 10.2. The topological polar surface area (TPSA) is 81.2 Å². The summed E-state index contributed by atoms with van der Waals surface area (Å²) in [4.78, 5) is 12.2. The van der Waals surface area contributed by atoms with Crippen LogP contribution in [0.25, 0.3) is 0 Å². The third-order valence-corrected chi connectivity index (χ3v) is 3.95. The average molecular weight is 392 g/mol. The summed E-state index contributed by atoms with van der Waals surface area (Å²) in [5, 5.41) is 7.69. The van der Waals surface area contributed by atoms with Crippen LogP contribution in [-0.4, -0.2) is 39.5 Å². The van der Waals surface area contributed by atoms with Crippen molar-refractivity contribution >= 4 is 29.4 Å². The molecule has 2 rings (SSSR count). The molecule has 2 aromatic carbocycles. The third kappa shape index (κ3) is 5.52. The number of ether oxygens (including phenoxy) is 3. The van der Waals surface area contributed by atoms with E-state index in [4.69, 9.17) is 25.8 Å². The quantitative estimate of drug-likeness (QED) is 0.533. The van der Waals surface area contributed by atoms with Crippen molar-refractivity contribution in [3.63, 3.8) is 0 Å². The first-order valence-electron chi connectivity index (χ1n) is 8.13. The van der Waals surface area contributed by atoms with Gasteiger partial charge in [-0.05, 0) is 43.3 Å². The second-order valence-electron chi connectivity index (χ2n) is 5.57. The van der Waals surface area contributed by atoms with E-state index in [1.807, 2.05) is 0 Å². The number of methoxy groups -OCH3 is 3. The standard InChI is InChI=1S/C19H22ClN3O4/c1-12(22-15-7-5-14(20)6-8-15)19(24)23-21-11-13-9-16(25-2)18(27-4)17(10-13)26-3/h5-12,22H,1-4H3,(H,23,24)/b21-11-/t12-/m0/s1. The van der Waals surface area contributed by atoms with Crippen LogP contribution in [0.5, 0.6) is 17.2 Å². The van der Waals surface area contributed by atoms with Crippen LogP contribution in [0.4, 0.5) is 5.69 Å². The molecule has 1 amide bonds. The molecule has 0 aliphatic rings. The van der Waals surface area contributed by atoms with Crippen molar-refractivity contribution < 1.29 is 19.0 Å². The molecule has 144 valence electrons. The summed E-state index contributed by atoms with van der Waals surface area (Å²) in [6, 6.07) is 10.1. The molecular formula is C19H22ClN3O4. The SMILES string of the molecule is COc1cc(/C=N\NC(=O)[C@H](C)Nc2ccc(Cl)cc2)cc(OC)c1OC. The first kappa shape index (κ1) is 20.4. The van der Waals surface area contributed by atoms with Crippen LogP contribution in [0, 0.1) is 0 Å². The maximum absolute atomic E-state index is 12.2. The average Bonchev–Trinajstić information content (AvgIpc) is 2.68. The molecule has 0 unspecified atom stereocenters.